The van der Waals surface area contributed by atoms with Crippen molar-refractivity contribution < 1.29 is 222 Å². The Bertz CT molecular complexity index is 3790. The Hall–Kier alpha value is -4.73. The number of carboxylic acid groups (broad SMARTS) is 1. The number of nitrogens with one attached hydrogen (secondary N) is 4. The number of allylic oxidation sites excluding steroid dienone is 3. The van der Waals surface area contributed by atoms with Crippen molar-refractivity contribution in [3.63, 3.8) is 0 Å². The number of rotatable bonds is 66. The molecule has 8 saturated heterocycles. The number of amides is 4. The molecule has 4 amide bonds. The van der Waals surface area contributed by atoms with E-state index in [-0.39, 0.29) is 12.3 Å². The van der Waals surface area contributed by atoms with Gasteiger partial charge in [-0.1, -0.05) is 192 Å². The van der Waals surface area contributed by atoms with E-state index in [0.717, 1.165) is 85.0 Å². The van der Waals surface area contributed by atoms with Gasteiger partial charge in [0.2, 0.25) is 23.6 Å². The number of unbranched alkanes of at least 4 members (excludes halogenated alkanes) is 28. The zero-order valence-electron chi connectivity index (χ0n) is 85.9. The van der Waals surface area contributed by atoms with E-state index in [9.17, 15) is 147 Å². The number of hydrogen-bond acceptors (Lipinski definition) is 44. The van der Waals surface area contributed by atoms with Crippen molar-refractivity contribution in [2.45, 2.75) is 517 Å². The minimum absolute atomic E-state index is 0.137. The summed E-state index contributed by atoms with van der Waals surface area (Å²) < 4.78 is 96.6. The van der Waals surface area contributed by atoms with Crippen LogP contribution in [0.5, 0.6) is 0 Å². The van der Waals surface area contributed by atoms with E-state index in [1.165, 1.54) is 129 Å². The molecular weight excluding hydrogens is 1970 g/mol. The summed E-state index contributed by atoms with van der Waals surface area (Å²) in [5.41, 5.74) is 0. The average molecular weight is 2140 g/mol. The third-order valence-corrected chi connectivity index (χ3v) is 28.4. The van der Waals surface area contributed by atoms with Crippen LogP contribution >= 0.6 is 0 Å². The molecule has 0 bridgehead atoms. The van der Waals surface area contributed by atoms with E-state index in [1.54, 1.807) is 6.08 Å². The van der Waals surface area contributed by atoms with Crippen LogP contribution in [-0.2, 0) is 99.8 Å². The van der Waals surface area contributed by atoms with Crippen LogP contribution in [0.2, 0.25) is 0 Å². The minimum atomic E-state index is -3.33. The third-order valence-electron chi connectivity index (χ3n) is 28.4. The molecule has 0 saturated carbocycles. The van der Waals surface area contributed by atoms with Crippen molar-refractivity contribution in [1.82, 2.24) is 21.3 Å². The second kappa shape index (κ2) is 66.1. The molecule has 0 radical (unpaired) electrons. The largest absolute Gasteiger partial charge is 0.477 e. The Kier molecular flexibility index (Phi) is 57.3. The van der Waals surface area contributed by atoms with Crippen LogP contribution in [0.15, 0.2) is 24.3 Å². The lowest BCUT2D eigenvalue weighted by Crippen LogP contribution is -2.72. The van der Waals surface area contributed by atoms with Gasteiger partial charge in [-0.2, -0.15) is 0 Å². The van der Waals surface area contributed by atoms with Crippen molar-refractivity contribution in [1.29, 1.82) is 0 Å². The molecule has 49 nitrogen and oxygen atoms in total. The van der Waals surface area contributed by atoms with Gasteiger partial charge in [0.1, 0.15) is 183 Å². The summed E-state index contributed by atoms with van der Waals surface area (Å²) in [5.74, 6) is -8.72. The molecule has 28 N–H and O–H groups in total. The first kappa shape index (κ1) is 128. The summed E-state index contributed by atoms with van der Waals surface area (Å²) in [7, 11) is 0. The molecule has 0 aromatic rings. The maximum atomic E-state index is 13.7. The van der Waals surface area contributed by atoms with Crippen LogP contribution in [0.25, 0.3) is 0 Å². The van der Waals surface area contributed by atoms with Crippen molar-refractivity contribution in [2.75, 3.05) is 52.9 Å². The molecule has 0 aliphatic carbocycles. The first-order valence-electron chi connectivity index (χ1n) is 53.1. The van der Waals surface area contributed by atoms with Crippen molar-refractivity contribution >= 4 is 29.6 Å². The van der Waals surface area contributed by atoms with Gasteiger partial charge in [-0.25, -0.2) is 4.79 Å². The Morgan fingerprint density at radius 3 is 1.17 bits per heavy atom. The predicted octanol–water partition coefficient (Wildman–Crippen LogP) is -4.28. The van der Waals surface area contributed by atoms with Gasteiger partial charge >= 0.3 is 5.97 Å². The summed E-state index contributed by atoms with van der Waals surface area (Å²) in [5, 5.41) is 283. The monoisotopic (exact) mass is 2140 g/mol. The van der Waals surface area contributed by atoms with E-state index in [0.29, 0.717) is 12.8 Å². The Morgan fingerprint density at radius 1 is 0.365 bits per heavy atom. The molecule has 8 heterocycles. The summed E-state index contributed by atoms with van der Waals surface area (Å²) in [6.45, 7) is -0.205. The highest BCUT2D eigenvalue weighted by atomic mass is 16.8. The lowest BCUT2D eigenvalue weighted by molar-refractivity contribution is -0.400. The highest BCUT2D eigenvalue weighted by Crippen LogP contribution is 2.43. The van der Waals surface area contributed by atoms with Gasteiger partial charge in [0.25, 0.3) is 5.79 Å². The molecule has 49 heteroatoms. The van der Waals surface area contributed by atoms with E-state index in [1.807, 2.05) is 6.08 Å². The molecule has 8 rings (SSSR count). The number of carbonyl (C=O) groups excluding carboxylic acids is 4. The fraction of sp³-hybridized carbons (Fsp3) is 0.909. The number of aliphatic hydroxyl groups is 23. The maximum absolute atomic E-state index is 13.7. The number of hydrogen-bond donors (Lipinski definition) is 28. The maximum Gasteiger partial charge on any atom is 0.364 e. The molecule has 0 spiro atoms. The summed E-state index contributed by atoms with van der Waals surface area (Å²) in [6, 6.07) is -6.93. The molecule has 8 aliphatic rings. The first-order chi connectivity index (χ1) is 70.8. The van der Waals surface area contributed by atoms with Crippen LogP contribution in [0.3, 0.4) is 0 Å². The molecular formula is C99H174N4O45. The summed E-state index contributed by atoms with van der Waals surface area (Å²) in [4.78, 5) is 66.3. The third kappa shape index (κ3) is 37.2. The molecule has 8 aliphatic heterocycles. The lowest BCUT2D eigenvalue weighted by Gasteiger charge is -2.52. The zero-order chi connectivity index (χ0) is 109. The second-order valence-electron chi connectivity index (χ2n) is 40.2. The number of carbonyl (C=O) groups is 5. The van der Waals surface area contributed by atoms with Crippen LogP contribution in [-0.4, -0.2) is 468 Å². The van der Waals surface area contributed by atoms with Crippen LogP contribution < -0.4 is 21.3 Å². The average Bonchev–Trinajstić information content (AvgIpc) is 0.751. The van der Waals surface area contributed by atoms with Gasteiger partial charge in [0.05, 0.1) is 83.3 Å². The normalized spacial score (nSPS) is 37.8. The topological polar surface area (TPSA) is 767 Å². The number of ether oxygens (including phenoxy) is 16. The van der Waals surface area contributed by atoms with E-state index in [2.05, 4.69) is 47.3 Å². The lowest BCUT2D eigenvalue weighted by atomic mass is 9.88. The highest BCUT2D eigenvalue weighted by Gasteiger charge is 2.64. The zero-order valence-corrected chi connectivity index (χ0v) is 85.9. The van der Waals surface area contributed by atoms with Crippen molar-refractivity contribution in [3.8, 4) is 0 Å². The molecule has 0 aromatic heterocycles. The fourth-order valence-corrected chi connectivity index (χ4v) is 19.9. The number of carboxylic acids is 1. The molecule has 148 heavy (non-hydrogen) atoms. The quantitative estimate of drug-likeness (QED) is 0.0202. The second-order valence-corrected chi connectivity index (χ2v) is 40.2. The minimum Gasteiger partial charge on any atom is -0.477 e. The van der Waals surface area contributed by atoms with Crippen LogP contribution in [0.1, 0.15) is 253 Å². The Labute approximate surface area is 863 Å². The molecule has 0 aromatic carbocycles. The van der Waals surface area contributed by atoms with E-state index in [4.69, 9.17) is 75.8 Å². The smallest absolute Gasteiger partial charge is 0.364 e. The Morgan fingerprint density at radius 2 is 0.723 bits per heavy atom. The van der Waals surface area contributed by atoms with Crippen molar-refractivity contribution in [2.24, 2.45) is 0 Å². The van der Waals surface area contributed by atoms with E-state index < -0.39 is 346 Å². The number of aliphatic hydroxyl groups excluding tert-OH is 23. The van der Waals surface area contributed by atoms with Gasteiger partial charge < -0.3 is 220 Å². The van der Waals surface area contributed by atoms with Gasteiger partial charge in [-0.15, -0.1) is 0 Å². The Balaban J connectivity index is 0.945. The van der Waals surface area contributed by atoms with Crippen LogP contribution in [0, 0.1) is 0 Å². The predicted molar refractivity (Wildman–Crippen MR) is 514 cm³/mol. The van der Waals surface area contributed by atoms with Gasteiger partial charge in [-0.05, 0) is 51.9 Å². The summed E-state index contributed by atoms with van der Waals surface area (Å²) >= 11 is 0. The standard InChI is InChI=1S/C99H174N4O45/c1-7-9-11-13-15-17-19-21-22-23-24-25-26-27-28-30-32-34-36-38-40-42-66(117)103-56(57(114)41-39-37-35-33-31-29-20-18-16-14-12-10-8-2)51-133-93-79(127)77(125)84(64(49-109)140-93)142-96-80(128)88(72(120)60(45-105)136-96)145-91-68(101-54(5)112)75(123)83(63(48-108)138-91)141-95-81(129)89(73(121)61(46-106)135-95)146-92-69(102-55(6)113)87(144-94-78(126)76(124)70(118)52(3)134-94)85(65(50-110)139-92)143-97-82(130)90(74(122)62(47-107)137-97)148-99(98(131)132)43-58(115)67(100-53(4)111)86(147-99)71(119)59(116)44-104/h21-22,39,41,52,56-65,67-97,104-110,114-116,118-130H,7-20,23-38,40,42-51H2,1-6H3,(H,100,111)(H,101,112)(H,102,113)(H,103,117)(H,131,132)/b22-21-,41-39+/t52?,56-,57+,58?,59+,60?,61?,62?,63?,64?,65?,67+,68?,69?,70+,71+,72-,73-,74-,75+,76?,77+,78-,79?,80?,81?,82?,83+,84+,85+,86?,87+,88-,89-,90-,91-,92-,93+,94+,95-,96-,97-,99-/m0/s1. The van der Waals surface area contributed by atoms with Crippen LogP contribution in [0.4, 0.5) is 0 Å². The van der Waals surface area contributed by atoms with Crippen molar-refractivity contribution in [3.05, 3.63) is 24.3 Å². The van der Waals surface area contributed by atoms with E-state index >= 15 is 0 Å². The highest BCUT2D eigenvalue weighted by molar-refractivity contribution is 5.77. The SMILES string of the molecule is CCCCCCCC/C=C\CCCCCCCCCCCCCC(=O)N[C@@H](CO[C@@H]1OC(CO)[C@@H](O[C@@H]2OC(CO)[C@H](O)[C@H](O[C@@H]3OC(CO)[C@@H](O[C@@H]4OC(CO)[C@H](O)[C@H](O[C@@H]5OC(CO)[C@@H](O[C@@H]6OC(CO)[C@H](O)[C@H](O[C@]7(C(=O)O)CC(O)[C@@H](NC(C)=O)C([C@H](O)[C@H](O)CO)O7)C6O)[C@H](O[C@H]6OC(C)[C@@H](O)C(O)[C@@H]6O)C5NC(C)=O)C4O)[C@H](O)C3NC(C)=O)C2O)[C@H](O)C1O)[C@H](O)/C=C/CCCCCCCCCCCCC. The molecule has 8 fully saturated rings. The van der Waals surface area contributed by atoms with Gasteiger partial charge in [-0.3, -0.25) is 19.2 Å². The number of aliphatic carboxylic acids is 1. The van der Waals surface area contributed by atoms with Gasteiger partial charge in [0.15, 0.2) is 44.0 Å². The summed E-state index contributed by atoms with van der Waals surface area (Å²) in [6.07, 6.45) is -38.0. The molecule has 16 unspecified atom stereocenters. The molecule has 860 valence electrons. The first-order valence-corrected chi connectivity index (χ1v) is 53.1. The van der Waals surface area contributed by atoms with Gasteiger partial charge in [0, 0.05) is 33.6 Å². The molecule has 43 atom stereocenters. The fourth-order valence-electron chi connectivity index (χ4n) is 19.9.